The molecule has 1 amide bonds. The second-order valence-electron chi connectivity index (χ2n) is 11.1. The number of nitrogens with one attached hydrogen (secondary N) is 1. The third-order valence-corrected chi connectivity index (χ3v) is 10.3. The van der Waals surface area contributed by atoms with Gasteiger partial charge in [0.15, 0.2) is 21.5 Å². The molecule has 4 aromatic carbocycles. The average molecular weight is 746 g/mol. The molecule has 0 saturated heterocycles. The Kier molecular flexibility index (Phi) is 10.9. The molecule has 0 bridgehead atoms. The molecule has 0 spiro atoms. The maximum atomic E-state index is 14.4. The minimum Gasteiger partial charge on any atom is -0.494 e. The lowest BCUT2D eigenvalue weighted by molar-refractivity contribution is -0.137. The highest BCUT2D eigenvalue weighted by Gasteiger charge is 2.54. The van der Waals surface area contributed by atoms with Crippen LogP contribution in [0.4, 0.5) is 13.2 Å². The van der Waals surface area contributed by atoms with E-state index in [1.54, 1.807) is 66.7 Å². The second-order valence-corrected chi connectivity index (χ2v) is 14.0. The summed E-state index contributed by atoms with van der Waals surface area (Å²) in [5.41, 5.74) is -1.17. The van der Waals surface area contributed by atoms with Gasteiger partial charge in [0.1, 0.15) is 5.75 Å². The highest BCUT2D eigenvalue weighted by Crippen LogP contribution is 2.45. The first kappa shape index (κ1) is 35.1. The fourth-order valence-corrected chi connectivity index (χ4v) is 7.10. The van der Waals surface area contributed by atoms with Crippen LogP contribution in [0.1, 0.15) is 41.2 Å². The molecule has 2 N–H and O–H groups in total. The summed E-state index contributed by atoms with van der Waals surface area (Å²) in [5, 5.41) is 11.8. The summed E-state index contributed by atoms with van der Waals surface area (Å²) < 4.78 is 79.1. The Labute approximate surface area is 284 Å². The number of carbonyl (C=O) groups excluding carboxylic acids is 1. The minimum atomic E-state index is -4.51. The summed E-state index contributed by atoms with van der Waals surface area (Å²) in [5.74, 6) is -0.476. The molecular weight excluding hydrogens is 713 g/mol. The quantitative estimate of drug-likeness (QED) is 0.148. The number of hydrogen-bond donors (Lipinski definition) is 2. The number of carbonyl (C=O) groups is 1. The lowest BCUT2D eigenvalue weighted by Crippen LogP contribution is -2.49. The largest absolute Gasteiger partial charge is 0.494 e. The van der Waals surface area contributed by atoms with Crippen LogP contribution in [-0.4, -0.2) is 49.8 Å². The Morgan fingerprint density at radius 3 is 2.27 bits per heavy atom. The Morgan fingerprint density at radius 1 is 0.958 bits per heavy atom. The highest BCUT2D eigenvalue weighted by molar-refractivity contribution is 9.10. The molecule has 1 aliphatic heterocycles. The molecule has 48 heavy (non-hydrogen) atoms. The van der Waals surface area contributed by atoms with Crippen LogP contribution >= 0.6 is 15.9 Å². The first-order chi connectivity index (χ1) is 22.9. The van der Waals surface area contributed by atoms with Crippen LogP contribution < -0.4 is 10.1 Å². The van der Waals surface area contributed by atoms with E-state index in [2.05, 4.69) is 21.2 Å². The number of aliphatic hydroxyl groups excluding tert-OH is 1. The predicted molar refractivity (Wildman–Crippen MR) is 177 cm³/mol. The van der Waals surface area contributed by atoms with Gasteiger partial charge in [-0.2, -0.15) is 13.2 Å². The Hall–Kier alpha value is -4.20. The predicted octanol–water partition coefficient (Wildman–Crippen LogP) is 6.67. The Morgan fingerprint density at radius 2 is 1.62 bits per heavy atom. The zero-order chi connectivity index (χ0) is 34.4. The normalized spacial score (nSPS) is 17.8. The number of nitrogens with zero attached hydrogens (tertiary/aromatic N) is 1. The number of benzene rings is 4. The SMILES string of the molecule is O=C(NCc1ccc(C(F)(F)F)cc1)[C@]1(CCS(=O)(=O)c2ccccc2)N=C(c2ccc(OCCCO)cc2)O[C@@H]1c1ccccc1Br. The molecule has 0 fully saturated rings. The molecule has 2 atom stereocenters. The van der Waals surface area contributed by atoms with E-state index in [9.17, 15) is 26.4 Å². The van der Waals surface area contributed by atoms with Gasteiger partial charge in [-0.3, -0.25) is 4.79 Å². The van der Waals surface area contributed by atoms with Crippen molar-refractivity contribution in [2.24, 2.45) is 4.99 Å². The van der Waals surface area contributed by atoms with Crippen LogP contribution in [0.25, 0.3) is 0 Å². The van der Waals surface area contributed by atoms with Crippen molar-refractivity contribution in [1.29, 1.82) is 0 Å². The molecule has 0 unspecified atom stereocenters. The summed E-state index contributed by atoms with van der Waals surface area (Å²) in [6.45, 7) is 0.162. The van der Waals surface area contributed by atoms with E-state index in [1.807, 2.05) is 0 Å². The summed E-state index contributed by atoms with van der Waals surface area (Å²) in [7, 11) is -3.88. The van der Waals surface area contributed by atoms with Gasteiger partial charge in [-0.05, 0) is 60.2 Å². The maximum Gasteiger partial charge on any atom is 0.416 e. The number of amides is 1. The standard InChI is InChI=1S/C35H32BrF3N2O6S/c36-30-10-5-4-9-29(30)31-34(19-22-48(44,45)28-7-2-1-3-8-28,33(43)40-23-24-11-15-26(16-12-24)35(37,38)39)41-32(47-31)25-13-17-27(18-14-25)46-21-6-20-42/h1-5,7-18,31,42H,6,19-23H2,(H,40,43)/t31-,34-/m1/s1. The lowest BCUT2D eigenvalue weighted by Gasteiger charge is -2.31. The van der Waals surface area contributed by atoms with Crippen molar-refractivity contribution in [1.82, 2.24) is 5.32 Å². The fraction of sp³-hybridized carbons (Fsp3) is 0.257. The molecule has 1 aliphatic rings. The summed E-state index contributed by atoms with van der Waals surface area (Å²) in [6, 6.07) is 26.1. The van der Waals surface area contributed by atoms with Crippen molar-refractivity contribution >= 4 is 37.6 Å². The molecule has 0 saturated carbocycles. The maximum absolute atomic E-state index is 14.4. The van der Waals surface area contributed by atoms with Crippen LogP contribution in [0, 0.1) is 0 Å². The monoisotopic (exact) mass is 744 g/mol. The van der Waals surface area contributed by atoms with Crippen molar-refractivity contribution in [2.45, 2.75) is 42.1 Å². The Bertz CT molecular complexity index is 1850. The van der Waals surface area contributed by atoms with Gasteiger partial charge in [-0.15, -0.1) is 0 Å². The first-order valence-electron chi connectivity index (χ1n) is 15.0. The zero-order valence-electron chi connectivity index (χ0n) is 25.5. The van der Waals surface area contributed by atoms with Crippen molar-refractivity contribution in [2.75, 3.05) is 19.0 Å². The van der Waals surface area contributed by atoms with Gasteiger partial charge in [0, 0.05) is 41.6 Å². The van der Waals surface area contributed by atoms with E-state index in [1.165, 1.54) is 24.3 Å². The van der Waals surface area contributed by atoms with Gasteiger partial charge in [0.05, 0.1) is 22.8 Å². The number of rotatable bonds is 13. The summed E-state index contributed by atoms with van der Waals surface area (Å²) in [6.07, 6.45) is -5.41. The fourth-order valence-electron chi connectivity index (χ4n) is 5.22. The molecule has 1 heterocycles. The second kappa shape index (κ2) is 14.9. The van der Waals surface area contributed by atoms with E-state index in [0.29, 0.717) is 39.9 Å². The first-order valence-corrected chi connectivity index (χ1v) is 17.4. The number of alkyl halides is 3. The van der Waals surface area contributed by atoms with E-state index in [-0.39, 0.29) is 30.4 Å². The van der Waals surface area contributed by atoms with Crippen LogP contribution in [-0.2, 0) is 32.1 Å². The average Bonchev–Trinajstić information content (AvgIpc) is 3.48. The van der Waals surface area contributed by atoms with E-state index >= 15 is 0 Å². The van der Waals surface area contributed by atoms with Gasteiger partial charge in [-0.1, -0.05) is 64.5 Å². The number of hydrogen-bond acceptors (Lipinski definition) is 7. The van der Waals surface area contributed by atoms with E-state index < -0.39 is 44.9 Å². The van der Waals surface area contributed by atoms with Gasteiger partial charge in [0.2, 0.25) is 5.90 Å². The zero-order valence-corrected chi connectivity index (χ0v) is 27.9. The van der Waals surface area contributed by atoms with Crippen LogP contribution in [0.15, 0.2) is 117 Å². The van der Waals surface area contributed by atoms with Crippen LogP contribution in [0.2, 0.25) is 0 Å². The van der Waals surface area contributed by atoms with Gasteiger partial charge in [0.25, 0.3) is 5.91 Å². The molecule has 252 valence electrons. The lowest BCUT2D eigenvalue weighted by atomic mass is 9.85. The molecule has 13 heteroatoms. The summed E-state index contributed by atoms with van der Waals surface area (Å²) >= 11 is 3.54. The third kappa shape index (κ3) is 8.08. The molecular formula is C35H32BrF3N2O6S. The molecule has 0 aromatic heterocycles. The number of halogens is 4. The van der Waals surface area contributed by atoms with Gasteiger partial charge < -0.3 is 19.9 Å². The smallest absolute Gasteiger partial charge is 0.416 e. The van der Waals surface area contributed by atoms with Gasteiger partial charge in [-0.25, -0.2) is 13.4 Å². The minimum absolute atomic E-state index is 0.0117. The van der Waals surface area contributed by atoms with Crippen LogP contribution in [0.5, 0.6) is 5.75 Å². The van der Waals surface area contributed by atoms with Gasteiger partial charge >= 0.3 is 6.18 Å². The van der Waals surface area contributed by atoms with Crippen molar-refractivity contribution < 1.29 is 41.0 Å². The highest BCUT2D eigenvalue weighted by atomic mass is 79.9. The number of ether oxygens (including phenoxy) is 2. The van der Waals surface area contributed by atoms with E-state index in [0.717, 1.165) is 12.1 Å². The number of aliphatic hydroxyl groups is 1. The molecule has 0 aliphatic carbocycles. The van der Waals surface area contributed by atoms with Crippen molar-refractivity contribution in [3.63, 3.8) is 0 Å². The molecule has 8 nitrogen and oxygen atoms in total. The van der Waals surface area contributed by atoms with Crippen molar-refractivity contribution in [3.8, 4) is 5.75 Å². The third-order valence-electron chi connectivity index (χ3n) is 7.81. The van der Waals surface area contributed by atoms with E-state index in [4.69, 9.17) is 19.6 Å². The molecule has 5 rings (SSSR count). The van der Waals surface area contributed by atoms with Crippen LogP contribution in [0.3, 0.4) is 0 Å². The summed E-state index contributed by atoms with van der Waals surface area (Å²) in [4.78, 5) is 19.3. The Balaban J connectivity index is 1.54. The van der Waals surface area contributed by atoms with Crippen molar-refractivity contribution in [3.05, 3.63) is 130 Å². The molecule has 4 aromatic rings. The number of aliphatic imine (C=N–C) groups is 1. The molecule has 0 radical (unpaired) electrons. The topological polar surface area (TPSA) is 114 Å². The number of sulfone groups is 1.